The molecular formula is C8H8F4O4. The lowest BCUT2D eigenvalue weighted by molar-refractivity contribution is -0.165. The van der Waals surface area contributed by atoms with Crippen molar-refractivity contribution in [3.8, 4) is 0 Å². The van der Waals surface area contributed by atoms with E-state index in [-0.39, 0.29) is 0 Å². The molecule has 0 radical (unpaired) electrons. The van der Waals surface area contributed by atoms with Gasteiger partial charge >= 0.3 is 11.9 Å². The highest BCUT2D eigenvalue weighted by atomic mass is 19.3. The minimum absolute atomic E-state index is 0.343. The lowest BCUT2D eigenvalue weighted by atomic mass is 10.3. The lowest BCUT2D eigenvalue weighted by Gasteiger charge is -2.05. The predicted molar refractivity (Wildman–Crippen MR) is 43.1 cm³/mol. The molecule has 0 aliphatic rings. The summed E-state index contributed by atoms with van der Waals surface area (Å²) < 4.78 is 55.7. The fourth-order valence-electron chi connectivity index (χ4n) is 0.629. The molecular weight excluding hydrogens is 236 g/mol. The molecule has 0 saturated carbocycles. The number of hydrogen-bond acceptors (Lipinski definition) is 4. The molecule has 8 heteroatoms. The van der Waals surface area contributed by atoms with Crippen LogP contribution in [0, 0.1) is 0 Å². The van der Waals surface area contributed by atoms with Gasteiger partial charge in [-0.2, -0.15) is 0 Å². The zero-order chi connectivity index (χ0) is 12.7. The van der Waals surface area contributed by atoms with E-state index < -0.39 is 37.0 Å². The molecule has 0 aromatic carbocycles. The zero-order valence-electron chi connectivity index (χ0n) is 8.08. The number of carbonyl (C=O) groups excluding carboxylic acids is 2. The van der Waals surface area contributed by atoms with Gasteiger partial charge in [0.25, 0.3) is 12.9 Å². The fourth-order valence-corrected chi connectivity index (χ4v) is 0.629. The Kier molecular flexibility index (Phi) is 6.12. The van der Waals surface area contributed by atoms with Crippen LogP contribution in [0.2, 0.25) is 0 Å². The molecule has 0 unspecified atom stereocenters. The summed E-state index contributed by atoms with van der Waals surface area (Å²) in [5.41, 5.74) is -1.46. The maximum Gasteiger partial charge on any atom is 0.417 e. The van der Waals surface area contributed by atoms with Gasteiger partial charge in [0.2, 0.25) is 0 Å². The Morgan fingerprint density at radius 1 is 1.12 bits per heavy atom. The highest BCUT2D eigenvalue weighted by Gasteiger charge is 2.21. The summed E-state index contributed by atoms with van der Waals surface area (Å²) >= 11 is 0. The van der Waals surface area contributed by atoms with Gasteiger partial charge in [0, 0.05) is 0 Å². The van der Waals surface area contributed by atoms with E-state index in [1.165, 1.54) is 0 Å². The number of halogens is 4. The second-order valence-corrected chi connectivity index (χ2v) is 2.40. The Morgan fingerprint density at radius 2 is 1.62 bits per heavy atom. The van der Waals surface area contributed by atoms with Crippen LogP contribution in [-0.2, 0) is 19.1 Å². The maximum absolute atomic E-state index is 11.9. The molecule has 0 aliphatic heterocycles. The van der Waals surface area contributed by atoms with E-state index in [1.54, 1.807) is 0 Å². The quantitative estimate of drug-likeness (QED) is 0.322. The van der Waals surface area contributed by atoms with Crippen LogP contribution in [0.25, 0.3) is 0 Å². The van der Waals surface area contributed by atoms with Crippen LogP contribution in [0.3, 0.4) is 0 Å². The monoisotopic (exact) mass is 244 g/mol. The van der Waals surface area contributed by atoms with Crippen molar-refractivity contribution >= 4 is 11.9 Å². The number of alkyl halides is 4. The number of esters is 2. The highest BCUT2D eigenvalue weighted by Crippen LogP contribution is 2.16. The second kappa shape index (κ2) is 6.81. The van der Waals surface area contributed by atoms with Gasteiger partial charge in [0.15, 0.2) is 0 Å². The smallest absolute Gasteiger partial charge is 0.417 e. The molecule has 0 aliphatic carbocycles. The van der Waals surface area contributed by atoms with Gasteiger partial charge in [-0.05, 0) is 6.08 Å². The van der Waals surface area contributed by atoms with Crippen molar-refractivity contribution in [1.82, 2.24) is 0 Å². The summed E-state index contributed by atoms with van der Waals surface area (Å²) in [7, 11) is 0.906. The summed E-state index contributed by atoms with van der Waals surface area (Å²) in [5, 5.41) is 0. The Morgan fingerprint density at radius 3 is 2.00 bits per heavy atom. The second-order valence-electron chi connectivity index (χ2n) is 2.40. The summed E-state index contributed by atoms with van der Waals surface area (Å²) in [5.74, 6) is -2.79. The number of allylic oxidation sites excluding steroid dienone is 1. The van der Waals surface area contributed by atoms with Gasteiger partial charge in [-0.3, -0.25) is 0 Å². The standard InChI is InChI=1S/C8H8F4O4/c1-15-7(13)8(14)16-3-2-4(5(9)10)6(11)12/h2,5-6H,3H2,1H3. The Balaban J connectivity index is 4.26. The molecule has 0 bridgehead atoms. The molecule has 0 heterocycles. The first-order chi connectivity index (χ1) is 7.40. The third-order valence-corrected chi connectivity index (χ3v) is 1.39. The van der Waals surface area contributed by atoms with Crippen LogP contribution in [0.15, 0.2) is 11.6 Å². The minimum Gasteiger partial charge on any atom is -0.461 e. The van der Waals surface area contributed by atoms with E-state index in [9.17, 15) is 27.2 Å². The van der Waals surface area contributed by atoms with E-state index in [0.717, 1.165) is 7.11 Å². The molecule has 0 aromatic heterocycles. The third kappa shape index (κ3) is 4.76. The Labute approximate surface area is 87.8 Å². The van der Waals surface area contributed by atoms with Crippen LogP contribution in [0.4, 0.5) is 17.6 Å². The van der Waals surface area contributed by atoms with Crippen LogP contribution >= 0.6 is 0 Å². The SMILES string of the molecule is COC(=O)C(=O)OCC=C(C(F)F)C(F)F. The molecule has 0 spiro atoms. The number of carbonyl (C=O) groups is 2. The number of methoxy groups -OCH3 is 1. The normalized spacial score (nSPS) is 10.2. The molecule has 16 heavy (non-hydrogen) atoms. The van der Waals surface area contributed by atoms with Gasteiger partial charge in [-0.25, -0.2) is 27.2 Å². The van der Waals surface area contributed by atoms with E-state index >= 15 is 0 Å². The van der Waals surface area contributed by atoms with Crippen LogP contribution < -0.4 is 0 Å². The van der Waals surface area contributed by atoms with E-state index in [1.807, 2.05) is 0 Å². The molecule has 92 valence electrons. The first-order valence-corrected chi connectivity index (χ1v) is 3.91. The van der Waals surface area contributed by atoms with Gasteiger partial charge in [-0.15, -0.1) is 0 Å². The van der Waals surface area contributed by atoms with Crippen molar-refractivity contribution < 1.29 is 36.6 Å². The predicted octanol–water partition coefficient (Wildman–Crippen LogP) is 1.16. The van der Waals surface area contributed by atoms with E-state index in [0.29, 0.717) is 6.08 Å². The van der Waals surface area contributed by atoms with Crippen molar-refractivity contribution in [2.24, 2.45) is 0 Å². The van der Waals surface area contributed by atoms with Gasteiger partial charge in [0.05, 0.1) is 12.7 Å². The largest absolute Gasteiger partial charge is 0.461 e. The first kappa shape index (κ1) is 14.4. The van der Waals surface area contributed by atoms with Crippen molar-refractivity contribution in [2.75, 3.05) is 13.7 Å². The summed E-state index contributed by atoms with van der Waals surface area (Å²) in [6, 6.07) is 0. The molecule has 0 rings (SSSR count). The van der Waals surface area contributed by atoms with Crippen LogP contribution in [-0.4, -0.2) is 38.5 Å². The maximum atomic E-state index is 11.9. The molecule has 0 atom stereocenters. The van der Waals surface area contributed by atoms with Crippen LogP contribution in [0.5, 0.6) is 0 Å². The van der Waals surface area contributed by atoms with Crippen molar-refractivity contribution in [2.45, 2.75) is 12.9 Å². The van der Waals surface area contributed by atoms with Gasteiger partial charge in [0.1, 0.15) is 6.61 Å². The first-order valence-electron chi connectivity index (χ1n) is 3.91. The van der Waals surface area contributed by atoms with E-state index in [4.69, 9.17) is 0 Å². The average Bonchev–Trinajstić information content (AvgIpc) is 2.21. The van der Waals surface area contributed by atoms with Crippen molar-refractivity contribution in [3.63, 3.8) is 0 Å². The average molecular weight is 244 g/mol. The molecule has 0 amide bonds. The summed E-state index contributed by atoms with van der Waals surface area (Å²) in [4.78, 5) is 21.0. The molecule has 4 nitrogen and oxygen atoms in total. The van der Waals surface area contributed by atoms with Gasteiger partial charge < -0.3 is 9.47 Å². The number of rotatable bonds is 4. The molecule has 0 aromatic rings. The van der Waals surface area contributed by atoms with Crippen molar-refractivity contribution in [3.05, 3.63) is 11.6 Å². The minimum atomic E-state index is -3.35. The summed E-state index contributed by atoms with van der Waals surface area (Å²) in [6.45, 7) is -0.849. The Hall–Kier alpha value is -1.60. The van der Waals surface area contributed by atoms with Crippen LogP contribution in [0.1, 0.15) is 0 Å². The van der Waals surface area contributed by atoms with Gasteiger partial charge in [-0.1, -0.05) is 0 Å². The third-order valence-electron chi connectivity index (χ3n) is 1.39. The summed E-state index contributed by atoms with van der Waals surface area (Å²) in [6.07, 6.45) is -6.36. The number of ether oxygens (including phenoxy) is 2. The lowest BCUT2D eigenvalue weighted by Crippen LogP contribution is -2.19. The molecule has 0 saturated heterocycles. The van der Waals surface area contributed by atoms with Crippen molar-refractivity contribution in [1.29, 1.82) is 0 Å². The molecule has 0 N–H and O–H groups in total. The highest BCUT2D eigenvalue weighted by molar-refractivity contribution is 6.29. The zero-order valence-corrected chi connectivity index (χ0v) is 8.08. The fraction of sp³-hybridized carbons (Fsp3) is 0.500. The topological polar surface area (TPSA) is 52.6 Å². The van der Waals surface area contributed by atoms with E-state index in [2.05, 4.69) is 9.47 Å². The molecule has 0 fully saturated rings. The Bertz CT molecular complexity index is 278. The number of hydrogen-bond donors (Lipinski definition) is 0.